The molecule has 0 unspecified atom stereocenters. The molecule has 2 aromatic rings. The van der Waals surface area contributed by atoms with Gasteiger partial charge >= 0.3 is 0 Å². The molecule has 3 rings (SSSR count). The van der Waals surface area contributed by atoms with Crippen molar-refractivity contribution in [2.45, 2.75) is 11.8 Å². The van der Waals surface area contributed by atoms with Gasteiger partial charge in [0, 0.05) is 24.9 Å². The van der Waals surface area contributed by atoms with Crippen molar-refractivity contribution in [3.63, 3.8) is 0 Å². The van der Waals surface area contributed by atoms with Crippen LogP contribution in [-0.2, 0) is 14.8 Å². The molecule has 0 aliphatic carbocycles. The number of hydrogen-bond donors (Lipinski definition) is 0. The van der Waals surface area contributed by atoms with E-state index in [0.29, 0.717) is 54.8 Å². The Hall–Kier alpha value is -2.62. The number of ether oxygens (including phenoxy) is 4. The molecule has 8 nitrogen and oxygen atoms in total. The highest BCUT2D eigenvalue weighted by atomic mass is 32.2. The van der Waals surface area contributed by atoms with E-state index in [1.807, 2.05) is 13.0 Å². The van der Waals surface area contributed by atoms with Gasteiger partial charge in [-0.3, -0.25) is 4.99 Å². The number of aryl methyl sites for hydroxylation is 1. The van der Waals surface area contributed by atoms with E-state index >= 15 is 0 Å². The van der Waals surface area contributed by atoms with Crippen molar-refractivity contribution >= 4 is 21.9 Å². The molecule has 0 aromatic heterocycles. The predicted octanol–water partition coefficient (Wildman–Crippen LogP) is 2.79. The number of aliphatic imine (C=N–C) groups is 1. The Bertz CT molecular complexity index is 1000. The van der Waals surface area contributed by atoms with Crippen molar-refractivity contribution in [3.8, 4) is 17.2 Å². The lowest BCUT2D eigenvalue weighted by atomic mass is 10.2. The Kier molecular flexibility index (Phi) is 6.96. The Morgan fingerprint density at radius 2 is 1.63 bits per heavy atom. The minimum atomic E-state index is -3.69. The molecule has 0 bridgehead atoms. The SMILES string of the molecule is COc1cc(C=Nc2ccc(C)cc2S(=O)(=O)N2CCOCC2)cc(OC)c1OC. The molecule has 1 heterocycles. The monoisotopic (exact) mass is 434 g/mol. The first-order chi connectivity index (χ1) is 14.4. The van der Waals surface area contributed by atoms with Gasteiger partial charge in [0.2, 0.25) is 15.8 Å². The summed E-state index contributed by atoms with van der Waals surface area (Å²) in [7, 11) is 0.911. The first kappa shape index (κ1) is 22.1. The lowest BCUT2D eigenvalue weighted by Crippen LogP contribution is -2.40. The van der Waals surface area contributed by atoms with E-state index in [-0.39, 0.29) is 4.90 Å². The minimum Gasteiger partial charge on any atom is -0.493 e. The number of nitrogens with zero attached hydrogens (tertiary/aromatic N) is 2. The van der Waals surface area contributed by atoms with Crippen LogP contribution in [0.15, 0.2) is 40.2 Å². The second-order valence-corrected chi connectivity index (χ2v) is 8.61. The van der Waals surface area contributed by atoms with Crippen molar-refractivity contribution in [1.29, 1.82) is 0 Å². The Morgan fingerprint density at radius 1 is 1.00 bits per heavy atom. The van der Waals surface area contributed by atoms with Gasteiger partial charge in [0.25, 0.3) is 0 Å². The average Bonchev–Trinajstić information content (AvgIpc) is 2.77. The second-order valence-electron chi connectivity index (χ2n) is 6.70. The molecular formula is C21H26N2O6S. The van der Waals surface area contributed by atoms with Gasteiger partial charge in [-0.2, -0.15) is 4.31 Å². The van der Waals surface area contributed by atoms with E-state index in [2.05, 4.69) is 4.99 Å². The van der Waals surface area contributed by atoms with Crippen LogP contribution >= 0.6 is 0 Å². The van der Waals surface area contributed by atoms with Crippen molar-refractivity contribution < 1.29 is 27.4 Å². The molecule has 1 aliphatic rings. The van der Waals surface area contributed by atoms with E-state index < -0.39 is 10.0 Å². The first-order valence-corrected chi connectivity index (χ1v) is 10.9. The number of benzene rings is 2. The summed E-state index contributed by atoms with van der Waals surface area (Å²) in [6.07, 6.45) is 1.58. The largest absolute Gasteiger partial charge is 0.493 e. The molecule has 9 heteroatoms. The highest BCUT2D eigenvalue weighted by Gasteiger charge is 2.28. The van der Waals surface area contributed by atoms with Crippen LogP contribution < -0.4 is 14.2 Å². The predicted molar refractivity (Wildman–Crippen MR) is 114 cm³/mol. The van der Waals surface area contributed by atoms with E-state index in [1.54, 1.807) is 30.5 Å². The topological polar surface area (TPSA) is 86.7 Å². The third-order valence-corrected chi connectivity index (χ3v) is 6.67. The normalized spacial score (nSPS) is 15.3. The molecule has 1 fully saturated rings. The third kappa shape index (κ3) is 4.58. The molecule has 0 N–H and O–H groups in total. The van der Waals surface area contributed by atoms with Gasteiger partial charge in [-0.05, 0) is 36.8 Å². The standard InChI is InChI=1S/C21H26N2O6S/c1-15-5-6-17(20(11-15)30(24,25)23-7-9-29-10-8-23)22-14-16-12-18(26-2)21(28-4)19(13-16)27-3/h5-6,11-14H,7-10H2,1-4H3. The molecule has 0 spiro atoms. The maximum Gasteiger partial charge on any atom is 0.245 e. The molecule has 0 amide bonds. The van der Waals surface area contributed by atoms with Gasteiger partial charge in [-0.1, -0.05) is 6.07 Å². The Balaban J connectivity index is 2.01. The van der Waals surface area contributed by atoms with E-state index in [4.69, 9.17) is 18.9 Å². The summed E-state index contributed by atoms with van der Waals surface area (Å²) >= 11 is 0. The number of rotatable bonds is 7. The van der Waals surface area contributed by atoms with Crippen molar-refractivity contribution in [1.82, 2.24) is 4.31 Å². The van der Waals surface area contributed by atoms with Crippen LogP contribution in [0.25, 0.3) is 0 Å². The van der Waals surface area contributed by atoms with Crippen LogP contribution in [0.4, 0.5) is 5.69 Å². The fourth-order valence-corrected chi connectivity index (χ4v) is 4.81. The summed E-state index contributed by atoms with van der Waals surface area (Å²) in [5, 5.41) is 0. The number of methoxy groups -OCH3 is 3. The maximum atomic E-state index is 13.2. The number of hydrogen-bond acceptors (Lipinski definition) is 7. The summed E-state index contributed by atoms with van der Waals surface area (Å²) in [6.45, 7) is 3.27. The molecule has 0 radical (unpaired) electrons. The van der Waals surface area contributed by atoms with Gasteiger partial charge in [0.1, 0.15) is 4.90 Å². The van der Waals surface area contributed by atoms with Crippen LogP contribution in [-0.4, -0.2) is 66.6 Å². The zero-order valence-electron chi connectivity index (χ0n) is 17.5. The fourth-order valence-electron chi connectivity index (χ4n) is 3.18. The van der Waals surface area contributed by atoms with E-state index in [1.165, 1.54) is 25.6 Å². The second kappa shape index (κ2) is 9.46. The van der Waals surface area contributed by atoms with Crippen molar-refractivity contribution in [2.24, 2.45) is 4.99 Å². The smallest absolute Gasteiger partial charge is 0.245 e. The molecular weight excluding hydrogens is 408 g/mol. The van der Waals surface area contributed by atoms with Gasteiger partial charge in [-0.25, -0.2) is 8.42 Å². The summed E-state index contributed by atoms with van der Waals surface area (Å²) in [5.41, 5.74) is 1.88. The quantitative estimate of drug-likeness (QED) is 0.623. The number of sulfonamides is 1. The van der Waals surface area contributed by atoms with Gasteiger partial charge in [0.15, 0.2) is 11.5 Å². The minimum absolute atomic E-state index is 0.174. The molecule has 0 atom stereocenters. The van der Waals surface area contributed by atoms with Crippen molar-refractivity contribution in [2.75, 3.05) is 47.6 Å². The molecule has 162 valence electrons. The van der Waals surface area contributed by atoms with Crippen LogP contribution in [0.1, 0.15) is 11.1 Å². The molecule has 1 saturated heterocycles. The van der Waals surface area contributed by atoms with Crippen LogP contribution in [0, 0.1) is 6.92 Å². The summed E-state index contributed by atoms with van der Waals surface area (Å²) in [5.74, 6) is 1.45. The van der Waals surface area contributed by atoms with Crippen LogP contribution in [0.3, 0.4) is 0 Å². The Morgan fingerprint density at radius 3 is 2.20 bits per heavy atom. The van der Waals surface area contributed by atoms with Crippen LogP contribution in [0.2, 0.25) is 0 Å². The summed E-state index contributed by atoms with van der Waals surface area (Å²) < 4.78 is 49.2. The third-order valence-electron chi connectivity index (χ3n) is 4.74. The highest BCUT2D eigenvalue weighted by molar-refractivity contribution is 7.89. The lowest BCUT2D eigenvalue weighted by molar-refractivity contribution is 0.0730. The van der Waals surface area contributed by atoms with Gasteiger partial charge in [-0.15, -0.1) is 0 Å². The highest BCUT2D eigenvalue weighted by Crippen LogP contribution is 2.38. The number of morpholine rings is 1. The van der Waals surface area contributed by atoms with E-state index in [0.717, 1.165) is 5.56 Å². The molecule has 2 aromatic carbocycles. The molecule has 0 saturated carbocycles. The fraction of sp³-hybridized carbons (Fsp3) is 0.381. The van der Waals surface area contributed by atoms with E-state index in [9.17, 15) is 8.42 Å². The van der Waals surface area contributed by atoms with Crippen LogP contribution in [0.5, 0.6) is 17.2 Å². The average molecular weight is 435 g/mol. The summed E-state index contributed by atoms with van der Waals surface area (Å²) in [6, 6.07) is 8.67. The molecule has 30 heavy (non-hydrogen) atoms. The zero-order chi connectivity index (χ0) is 21.7. The maximum absolute atomic E-state index is 13.2. The van der Waals surface area contributed by atoms with Gasteiger partial charge < -0.3 is 18.9 Å². The zero-order valence-corrected chi connectivity index (χ0v) is 18.4. The van der Waals surface area contributed by atoms with Gasteiger partial charge in [0.05, 0.1) is 40.2 Å². The molecule has 1 aliphatic heterocycles. The lowest BCUT2D eigenvalue weighted by Gasteiger charge is -2.26. The summed E-state index contributed by atoms with van der Waals surface area (Å²) in [4.78, 5) is 4.65. The van der Waals surface area contributed by atoms with Crippen molar-refractivity contribution in [3.05, 3.63) is 41.5 Å². The first-order valence-electron chi connectivity index (χ1n) is 9.43. The Labute approximate surface area is 177 Å².